The molecule has 0 atom stereocenters. The second-order valence-electron chi connectivity index (χ2n) is 5.99. The van der Waals surface area contributed by atoms with Gasteiger partial charge in [-0.3, -0.25) is 5.10 Å². The Bertz CT molecular complexity index is 734. The number of hydrogen-bond donors (Lipinski definition) is 1. The zero-order valence-corrected chi connectivity index (χ0v) is 13.4. The standard InChI is InChI=1S/C20H22N2/c1-4-15-5-7-17(8-6-15)19-13-20(22-21-19)18-11-9-16(10-12-18)14(2)3/h5-14H,4H2,1-3H3,(H,21,22). The van der Waals surface area contributed by atoms with Crippen LogP contribution in [0.3, 0.4) is 0 Å². The molecule has 0 aliphatic heterocycles. The molecule has 1 aromatic heterocycles. The molecule has 0 radical (unpaired) electrons. The van der Waals surface area contributed by atoms with Crippen molar-refractivity contribution < 1.29 is 0 Å². The molecule has 3 rings (SSSR count). The molecule has 112 valence electrons. The number of nitrogens with one attached hydrogen (secondary N) is 1. The highest BCUT2D eigenvalue weighted by molar-refractivity contribution is 5.68. The second kappa shape index (κ2) is 6.18. The van der Waals surface area contributed by atoms with Crippen LogP contribution >= 0.6 is 0 Å². The number of H-pyrrole nitrogens is 1. The van der Waals surface area contributed by atoms with Crippen molar-refractivity contribution in [2.75, 3.05) is 0 Å². The lowest BCUT2D eigenvalue weighted by molar-refractivity contribution is 0.867. The topological polar surface area (TPSA) is 28.7 Å². The third kappa shape index (κ3) is 2.96. The number of aromatic nitrogens is 2. The molecule has 0 aliphatic carbocycles. The molecule has 0 unspecified atom stereocenters. The first-order valence-corrected chi connectivity index (χ1v) is 7.92. The van der Waals surface area contributed by atoms with Crippen molar-refractivity contribution in [3.8, 4) is 22.5 Å². The fourth-order valence-corrected chi connectivity index (χ4v) is 2.58. The van der Waals surface area contributed by atoms with Crippen LogP contribution in [0, 0.1) is 0 Å². The normalized spacial score (nSPS) is 11.1. The lowest BCUT2D eigenvalue weighted by Gasteiger charge is -2.05. The Hall–Kier alpha value is -2.35. The highest BCUT2D eigenvalue weighted by Crippen LogP contribution is 2.25. The largest absolute Gasteiger partial charge is 0.277 e. The Morgan fingerprint density at radius 2 is 1.55 bits per heavy atom. The minimum absolute atomic E-state index is 0.556. The first kappa shape index (κ1) is 14.6. The fraction of sp³-hybridized carbons (Fsp3) is 0.250. The lowest BCUT2D eigenvalue weighted by Crippen LogP contribution is -1.86. The van der Waals surface area contributed by atoms with Crippen molar-refractivity contribution in [3.63, 3.8) is 0 Å². The molecule has 3 aromatic rings. The van der Waals surface area contributed by atoms with Crippen LogP contribution in [0.1, 0.15) is 37.8 Å². The van der Waals surface area contributed by atoms with Gasteiger partial charge < -0.3 is 0 Å². The van der Waals surface area contributed by atoms with Gasteiger partial charge in [0.1, 0.15) is 0 Å². The maximum atomic E-state index is 4.45. The SMILES string of the molecule is CCc1ccc(-c2cc(-c3ccc(C(C)C)cc3)n[nH]2)cc1. The molecule has 2 nitrogen and oxygen atoms in total. The molecular weight excluding hydrogens is 268 g/mol. The smallest absolute Gasteiger partial charge is 0.0927 e. The highest BCUT2D eigenvalue weighted by Gasteiger charge is 2.07. The number of nitrogens with zero attached hydrogens (tertiary/aromatic N) is 1. The number of hydrogen-bond acceptors (Lipinski definition) is 1. The summed E-state index contributed by atoms with van der Waals surface area (Å²) in [5.41, 5.74) is 7.09. The third-order valence-corrected chi connectivity index (χ3v) is 4.12. The molecule has 0 amide bonds. The average Bonchev–Trinajstić information content (AvgIpc) is 3.05. The molecule has 22 heavy (non-hydrogen) atoms. The molecular formula is C20H22N2. The molecule has 0 aliphatic rings. The van der Waals surface area contributed by atoms with E-state index in [-0.39, 0.29) is 0 Å². The summed E-state index contributed by atoms with van der Waals surface area (Å²) in [7, 11) is 0. The summed E-state index contributed by atoms with van der Waals surface area (Å²) >= 11 is 0. The Kier molecular flexibility index (Phi) is 4.10. The highest BCUT2D eigenvalue weighted by atomic mass is 15.1. The van der Waals surface area contributed by atoms with E-state index < -0.39 is 0 Å². The summed E-state index contributed by atoms with van der Waals surface area (Å²) in [4.78, 5) is 0. The van der Waals surface area contributed by atoms with Gasteiger partial charge in [-0.25, -0.2) is 0 Å². The maximum Gasteiger partial charge on any atom is 0.0927 e. The van der Waals surface area contributed by atoms with Gasteiger partial charge in [-0.05, 0) is 35.1 Å². The van der Waals surface area contributed by atoms with Gasteiger partial charge in [0.2, 0.25) is 0 Å². The van der Waals surface area contributed by atoms with Crippen LogP contribution in [0.15, 0.2) is 54.6 Å². The Labute approximate surface area is 132 Å². The van der Waals surface area contributed by atoms with E-state index in [1.807, 2.05) is 0 Å². The van der Waals surface area contributed by atoms with Gasteiger partial charge in [0.25, 0.3) is 0 Å². The number of benzene rings is 2. The molecule has 0 bridgehead atoms. The van der Waals surface area contributed by atoms with Gasteiger partial charge in [-0.15, -0.1) is 0 Å². The predicted molar refractivity (Wildman–Crippen MR) is 92.9 cm³/mol. The monoisotopic (exact) mass is 290 g/mol. The minimum atomic E-state index is 0.556. The summed E-state index contributed by atoms with van der Waals surface area (Å²) in [6.07, 6.45) is 1.07. The molecule has 2 heteroatoms. The quantitative estimate of drug-likeness (QED) is 0.682. The Morgan fingerprint density at radius 3 is 2.14 bits per heavy atom. The van der Waals surface area contributed by atoms with E-state index in [1.54, 1.807) is 0 Å². The maximum absolute atomic E-state index is 4.45. The van der Waals surface area contributed by atoms with Crippen molar-refractivity contribution in [1.29, 1.82) is 0 Å². The summed E-state index contributed by atoms with van der Waals surface area (Å²) < 4.78 is 0. The second-order valence-corrected chi connectivity index (χ2v) is 5.99. The van der Waals surface area contributed by atoms with Crippen LogP contribution in [-0.4, -0.2) is 10.2 Å². The number of rotatable bonds is 4. The van der Waals surface area contributed by atoms with Crippen molar-refractivity contribution in [2.45, 2.75) is 33.1 Å². The van der Waals surface area contributed by atoms with E-state index in [9.17, 15) is 0 Å². The van der Waals surface area contributed by atoms with Crippen molar-refractivity contribution >= 4 is 0 Å². The third-order valence-electron chi connectivity index (χ3n) is 4.12. The first-order chi connectivity index (χ1) is 10.7. The van der Waals surface area contributed by atoms with Crippen molar-refractivity contribution in [1.82, 2.24) is 10.2 Å². The zero-order valence-electron chi connectivity index (χ0n) is 13.4. The van der Waals surface area contributed by atoms with Crippen LogP contribution in [0.5, 0.6) is 0 Å². The van der Waals surface area contributed by atoms with Crippen LogP contribution in [0.4, 0.5) is 0 Å². The summed E-state index contributed by atoms with van der Waals surface area (Å²) in [5, 5.41) is 7.60. The van der Waals surface area contributed by atoms with Crippen molar-refractivity contribution in [2.24, 2.45) is 0 Å². The van der Waals surface area contributed by atoms with E-state index in [4.69, 9.17) is 0 Å². The van der Waals surface area contributed by atoms with Crippen LogP contribution in [0.2, 0.25) is 0 Å². The summed E-state index contributed by atoms with van der Waals surface area (Å²) in [6.45, 7) is 6.59. The van der Waals surface area contributed by atoms with Gasteiger partial charge in [-0.1, -0.05) is 69.3 Å². The molecule has 0 saturated carbocycles. The summed E-state index contributed by atoms with van der Waals surface area (Å²) in [6, 6.07) is 19.4. The lowest BCUT2D eigenvalue weighted by atomic mass is 10.0. The van der Waals surface area contributed by atoms with Gasteiger partial charge >= 0.3 is 0 Å². The molecule has 0 saturated heterocycles. The van der Waals surface area contributed by atoms with Crippen LogP contribution in [0.25, 0.3) is 22.5 Å². The Balaban J connectivity index is 1.86. The minimum Gasteiger partial charge on any atom is -0.277 e. The van der Waals surface area contributed by atoms with E-state index in [0.29, 0.717) is 5.92 Å². The van der Waals surface area contributed by atoms with Gasteiger partial charge in [-0.2, -0.15) is 5.10 Å². The van der Waals surface area contributed by atoms with Gasteiger partial charge in [0.15, 0.2) is 0 Å². The predicted octanol–water partition coefficient (Wildman–Crippen LogP) is 5.43. The van der Waals surface area contributed by atoms with E-state index in [1.165, 1.54) is 16.7 Å². The van der Waals surface area contributed by atoms with Gasteiger partial charge in [0, 0.05) is 5.56 Å². The molecule has 0 fully saturated rings. The van der Waals surface area contributed by atoms with Crippen molar-refractivity contribution in [3.05, 3.63) is 65.7 Å². The summed E-state index contributed by atoms with van der Waals surface area (Å²) in [5.74, 6) is 0.556. The van der Waals surface area contributed by atoms with E-state index in [2.05, 4.69) is 85.6 Å². The molecule has 0 spiro atoms. The molecule has 1 N–H and O–H groups in total. The van der Waals surface area contributed by atoms with Crippen LogP contribution in [-0.2, 0) is 6.42 Å². The average molecular weight is 290 g/mol. The van der Waals surface area contributed by atoms with Crippen LogP contribution < -0.4 is 0 Å². The fourth-order valence-electron chi connectivity index (χ4n) is 2.58. The molecule has 2 aromatic carbocycles. The molecule has 1 heterocycles. The zero-order chi connectivity index (χ0) is 15.5. The number of aromatic amines is 1. The number of aryl methyl sites for hydroxylation is 1. The van der Waals surface area contributed by atoms with E-state index in [0.717, 1.165) is 23.4 Å². The van der Waals surface area contributed by atoms with Gasteiger partial charge in [0.05, 0.1) is 11.4 Å². The van der Waals surface area contributed by atoms with E-state index >= 15 is 0 Å². The Morgan fingerprint density at radius 1 is 0.909 bits per heavy atom. The first-order valence-electron chi connectivity index (χ1n) is 7.92.